The second-order valence-electron chi connectivity index (χ2n) is 8.43. The van der Waals surface area contributed by atoms with E-state index in [0.29, 0.717) is 13.0 Å². The van der Waals surface area contributed by atoms with E-state index < -0.39 is 22.2 Å². The standard InChI is InChI=1S/C19H29N3O3S/c1-18(2,3)26(25)21-16(15-8-6-7-11-20-15)10-9-14-12-19(4,5)22(13-14)17(23)24/h6-8,11,14H,9-10,12-13H2,1-5H3,(H,23,24)/t14-,26?/m0/s1. The quantitative estimate of drug-likeness (QED) is 0.621. The van der Waals surface area contributed by atoms with Crippen LogP contribution in [0.4, 0.5) is 4.79 Å². The highest BCUT2D eigenvalue weighted by Gasteiger charge is 2.41. The normalized spacial score (nSPS) is 21.7. The van der Waals surface area contributed by atoms with Crippen LogP contribution in [0.2, 0.25) is 0 Å². The Balaban J connectivity index is 2.14. The predicted molar refractivity (Wildman–Crippen MR) is 105 cm³/mol. The summed E-state index contributed by atoms with van der Waals surface area (Å²) in [6, 6.07) is 5.61. The number of hydrogen-bond acceptors (Lipinski definition) is 4. The zero-order chi connectivity index (χ0) is 19.5. The van der Waals surface area contributed by atoms with Gasteiger partial charge in [0.25, 0.3) is 0 Å². The van der Waals surface area contributed by atoms with Crippen molar-refractivity contribution in [2.75, 3.05) is 6.54 Å². The second-order valence-corrected chi connectivity index (χ2v) is 10.3. The second kappa shape index (κ2) is 7.96. The van der Waals surface area contributed by atoms with E-state index in [9.17, 15) is 14.5 Å². The number of likely N-dealkylation sites (tertiary alicyclic amines) is 1. The third-order valence-electron chi connectivity index (χ3n) is 4.66. The van der Waals surface area contributed by atoms with Gasteiger partial charge in [-0.2, -0.15) is 0 Å². The lowest BCUT2D eigenvalue weighted by atomic mass is 9.92. The van der Waals surface area contributed by atoms with Crippen molar-refractivity contribution in [1.82, 2.24) is 9.88 Å². The van der Waals surface area contributed by atoms with Crippen LogP contribution < -0.4 is 0 Å². The minimum absolute atomic E-state index is 0.262. The van der Waals surface area contributed by atoms with E-state index in [4.69, 9.17) is 0 Å². The summed E-state index contributed by atoms with van der Waals surface area (Å²) in [7, 11) is 0. The Morgan fingerprint density at radius 1 is 1.46 bits per heavy atom. The first-order valence-corrected chi connectivity index (χ1v) is 10.0. The van der Waals surface area contributed by atoms with E-state index >= 15 is 0 Å². The Bertz CT molecular complexity index is 656. The first-order chi connectivity index (χ1) is 12.0. The molecule has 1 unspecified atom stereocenters. The van der Waals surface area contributed by atoms with Crippen LogP contribution in [0.5, 0.6) is 0 Å². The van der Waals surface area contributed by atoms with E-state index in [1.54, 1.807) is 6.20 Å². The molecule has 1 aliphatic heterocycles. The van der Waals surface area contributed by atoms with E-state index in [2.05, 4.69) is 9.38 Å². The lowest BCUT2D eigenvalue weighted by molar-refractivity contribution is 0.117. The summed E-state index contributed by atoms with van der Waals surface area (Å²) in [6.45, 7) is 10.1. The minimum Gasteiger partial charge on any atom is -0.591 e. The molecule has 0 aliphatic carbocycles. The fourth-order valence-corrected chi connectivity index (χ4v) is 3.91. The average Bonchev–Trinajstić information content (AvgIpc) is 2.86. The summed E-state index contributed by atoms with van der Waals surface area (Å²) in [6.07, 6.45) is 3.08. The third kappa shape index (κ3) is 5.20. The summed E-state index contributed by atoms with van der Waals surface area (Å²) in [5, 5.41) is 9.38. The van der Waals surface area contributed by atoms with Gasteiger partial charge in [-0.3, -0.25) is 4.98 Å². The number of nitrogens with zero attached hydrogens (tertiary/aromatic N) is 3. The third-order valence-corrected chi connectivity index (χ3v) is 6.09. The molecule has 0 spiro atoms. The van der Waals surface area contributed by atoms with Crippen LogP contribution in [0.3, 0.4) is 0 Å². The first-order valence-electron chi connectivity index (χ1n) is 8.92. The van der Waals surface area contributed by atoms with Crippen LogP contribution in [-0.4, -0.2) is 48.2 Å². The molecule has 1 aliphatic rings. The van der Waals surface area contributed by atoms with Crippen LogP contribution in [0, 0.1) is 5.92 Å². The molecule has 1 saturated heterocycles. The van der Waals surface area contributed by atoms with Gasteiger partial charge in [-0.05, 0) is 71.9 Å². The molecule has 0 bridgehead atoms. The van der Waals surface area contributed by atoms with Gasteiger partial charge < -0.3 is 14.6 Å². The Labute approximate surface area is 159 Å². The smallest absolute Gasteiger partial charge is 0.407 e. The molecule has 2 rings (SSSR count). The monoisotopic (exact) mass is 379 g/mol. The van der Waals surface area contributed by atoms with Crippen molar-refractivity contribution in [2.45, 2.75) is 64.2 Å². The van der Waals surface area contributed by atoms with Gasteiger partial charge in [0.1, 0.15) is 21.8 Å². The van der Waals surface area contributed by atoms with Crippen LogP contribution in [0.15, 0.2) is 28.8 Å². The lowest BCUT2D eigenvalue weighted by Crippen LogP contribution is -2.41. The Morgan fingerprint density at radius 2 is 2.15 bits per heavy atom. The Kier molecular flexibility index (Phi) is 6.34. The number of rotatable bonds is 5. The predicted octanol–water partition coefficient (Wildman–Crippen LogP) is 3.89. The average molecular weight is 380 g/mol. The topological polar surface area (TPSA) is 88.9 Å². The highest BCUT2D eigenvalue weighted by Crippen LogP contribution is 2.35. The fourth-order valence-electron chi connectivity index (χ4n) is 3.25. The number of amides is 1. The molecule has 26 heavy (non-hydrogen) atoms. The number of carbonyl (C=O) groups is 1. The van der Waals surface area contributed by atoms with Crippen LogP contribution in [-0.2, 0) is 11.4 Å². The van der Waals surface area contributed by atoms with E-state index in [-0.39, 0.29) is 11.5 Å². The van der Waals surface area contributed by atoms with Crippen LogP contribution >= 0.6 is 0 Å². The number of hydrogen-bond donors (Lipinski definition) is 1. The molecule has 1 amide bonds. The SMILES string of the molecule is CC1(C)C[C@H](CCC(=N[S+]([O-])C(C)(C)C)c2ccccn2)CN1C(=O)O. The highest BCUT2D eigenvalue weighted by molar-refractivity contribution is 7.91. The fraction of sp³-hybridized carbons (Fsp3) is 0.632. The Hall–Kier alpha value is -1.60. The van der Waals surface area contributed by atoms with E-state index in [0.717, 1.165) is 24.2 Å². The van der Waals surface area contributed by atoms with Gasteiger partial charge in [0.05, 0.1) is 5.69 Å². The minimum atomic E-state index is -1.36. The molecule has 144 valence electrons. The molecule has 1 fully saturated rings. The zero-order valence-corrected chi connectivity index (χ0v) is 17.0. The van der Waals surface area contributed by atoms with Crippen molar-refractivity contribution in [1.29, 1.82) is 0 Å². The molecule has 1 aromatic rings. The zero-order valence-electron chi connectivity index (χ0n) is 16.2. The van der Waals surface area contributed by atoms with E-state index in [1.165, 1.54) is 4.90 Å². The lowest BCUT2D eigenvalue weighted by Gasteiger charge is -2.28. The van der Waals surface area contributed by atoms with Crippen molar-refractivity contribution >= 4 is 23.2 Å². The maximum Gasteiger partial charge on any atom is 0.407 e. The molecule has 1 N–H and O–H groups in total. The summed E-state index contributed by atoms with van der Waals surface area (Å²) in [5.41, 5.74) is 1.11. The van der Waals surface area contributed by atoms with Crippen molar-refractivity contribution in [3.63, 3.8) is 0 Å². The maximum absolute atomic E-state index is 12.5. The maximum atomic E-state index is 12.5. The number of pyridine rings is 1. The Morgan fingerprint density at radius 3 is 2.65 bits per heavy atom. The van der Waals surface area contributed by atoms with E-state index in [1.807, 2.05) is 52.8 Å². The molecule has 0 saturated carbocycles. The summed E-state index contributed by atoms with van der Waals surface area (Å²) in [4.78, 5) is 17.3. The molecule has 7 heteroatoms. The molecule has 0 aromatic carbocycles. The summed E-state index contributed by atoms with van der Waals surface area (Å²) in [5.74, 6) is 0.262. The van der Waals surface area contributed by atoms with Gasteiger partial charge in [-0.25, -0.2) is 4.79 Å². The van der Waals surface area contributed by atoms with Crippen molar-refractivity contribution in [2.24, 2.45) is 10.3 Å². The molecule has 2 atom stereocenters. The molecule has 0 radical (unpaired) electrons. The summed E-state index contributed by atoms with van der Waals surface area (Å²) >= 11 is -1.36. The molecular weight excluding hydrogens is 350 g/mol. The van der Waals surface area contributed by atoms with Gasteiger partial charge in [0.2, 0.25) is 0 Å². The van der Waals surface area contributed by atoms with Gasteiger partial charge in [-0.15, -0.1) is 0 Å². The van der Waals surface area contributed by atoms with Crippen molar-refractivity contribution in [3.05, 3.63) is 30.1 Å². The van der Waals surface area contributed by atoms with Gasteiger partial charge in [0.15, 0.2) is 0 Å². The first kappa shape index (κ1) is 20.7. The molecule has 1 aromatic heterocycles. The van der Waals surface area contributed by atoms with Crippen LogP contribution in [0.1, 0.15) is 59.6 Å². The number of aromatic nitrogens is 1. The molecule has 6 nitrogen and oxygen atoms in total. The van der Waals surface area contributed by atoms with Crippen molar-refractivity contribution in [3.8, 4) is 0 Å². The van der Waals surface area contributed by atoms with Gasteiger partial charge in [-0.1, -0.05) is 10.5 Å². The highest BCUT2D eigenvalue weighted by atomic mass is 32.2. The largest absolute Gasteiger partial charge is 0.591 e. The van der Waals surface area contributed by atoms with Gasteiger partial charge in [0, 0.05) is 18.3 Å². The summed E-state index contributed by atoms with van der Waals surface area (Å²) < 4.78 is 16.5. The number of carboxylic acid groups (broad SMARTS) is 1. The van der Waals surface area contributed by atoms with Gasteiger partial charge >= 0.3 is 6.09 Å². The molecule has 2 heterocycles. The van der Waals surface area contributed by atoms with Crippen molar-refractivity contribution < 1.29 is 14.5 Å². The van der Waals surface area contributed by atoms with Crippen LogP contribution in [0.25, 0.3) is 0 Å². The molecular formula is C19H29N3O3S.